The van der Waals surface area contributed by atoms with Gasteiger partial charge in [-0.3, -0.25) is 14.5 Å². The van der Waals surface area contributed by atoms with E-state index in [4.69, 9.17) is 9.47 Å². The first-order valence-corrected chi connectivity index (χ1v) is 7.71. The van der Waals surface area contributed by atoms with Gasteiger partial charge in [-0.15, -0.1) is 0 Å². The standard InChI is InChI=1S/C17H21NO5/c1-4-22-13-8-6-12(7-9-13)18-15(20)10-14(11(3)19)16(18)17(21)23-5-2/h6-9,14,16H,4-5,10H2,1-3H3/t14-,16-/m1/s1. The summed E-state index contributed by atoms with van der Waals surface area (Å²) in [5, 5.41) is 0. The summed E-state index contributed by atoms with van der Waals surface area (Å²) in [5.74, 6) is -0.989. The maximum Gasteiger partial charge on any atom is 0.330 e. The summed E-state index contributed by atoms with van der Waals surface area (Å²) in [4.78, 5) is 37.8. The molecule has 0 bridgehead atoms. The van der Waals surface area contributed by atoms with Crippen LogP contribution in [-0.2, 0) is 19.1 Å². The van der Waals surface area contributed by atoms with E-state index in [1.54, 1.807) is 31.2 Å². The Hall–Kier alpha value is -2.37. The molecule has 0 aliphatic carbocycles. The minimum atomic E-state index is -0.905. The second kappa shape index (κ2) is 7.26. The number of carbonyl (C=O) groups excluding carboxylic acids is 3. The number of rotatable bonds is 6. The molecule has 124 valence electrons. The van der Waals surface area contributed by atoms with Gasteiger partial charge < -0.3 is 9.47 Å². The van der Waals surface area contributed by atoms with Gasteiger partial charge in [0.1, 0.15) is 17.6 Å². The maximum atomic E-state index is 12.4. The Bertz CT molecular complexity index is 596. The van der Waals surface area contributed by atoms with Gasteiger partial charge in [0.25, 0.3) is 0 Å². The van der Waals surface area contributed by atoms with E-state index in [2.05, 4.69) is 0 Å². The van der Waals surface area contributed by atoms with Crippen LogP contribution in [0.4, 0.5) is 5.69 Å². The molecule has 0 N–H and O–H groups in total. The number of benzene rings is 1. The highest BCUT2D eigenvalue weighted by Crippen LogP contribution is 2.33. The highest BCUT2D eigenvalue weighted by atomic mass is 16.5. The molecule has 1 amide bonds. The Morgan fingerprint density at radius 1 is 1.17 bits per heavy atom. The number of nitrogens with zero attached hydrogens (tertiary/aromatic N) is 1. The monoisotopic (exact) mass is 319 g/mol. The quantitative estimate of drug-likeness (QED) is 0.749. The molecule has 1 aliphatic heterocycles. The van der Waals surface area contributed by atoms with E-state index in [1.165, 1.54) is 11.8 Å². The van der Waals surface area contributed by atoms with Crippen LogP contribution in [0.2, 0.25) is 0 Å². The van der Waals surface area contributed by atoms with Crippen LogP contribution >= 0.6 is 0 Å². The number of ether oxygens (including phenoxy) is 2. The third-order valence-electron chi connectivity index (χ3n) is 3.80. The summed E-state index contributed by atoms with van der Waals surface area (Å²) < 4.78 is 10.4. The largest absolute Gasteiger partial charge is 0.494 e. The van der Waals surface area contributed by atoms with Gasteiger partial charge in [-0.1, -0.05) is 0 Å². The summed E-state index contributed by atoms with van der Waals surface area (Å²) in [5.41, 5.74) is 0.556. The Kier molecular flexibility index (Phi) is 5.36. The maximum absolute atomic E-state index is 12.4. The topological polar surface area (TPSA) is 72.9 Å². The number of carbonyl (C=O) groups is 3. The smallest absolute Gasteiger partial charge is 0.330 e. The number of amides is 1. The summed E-state index contributed by atoms with van der Waals surface area (Å²) >= 11 is 0. The lowest BCUT2D eigenvalue weighted by atomic mass is 9.96. The van der Waals surface area contributed by atoms with Crippen LogP contribution in [0.1, 0.15) is 27.2 Å². The third-order valence-corrected chi connectivity index (χ3v) is 3.80. The molecule has 1 fully saturated rings. The molecular weight excluding hydrogens is 298 g/mol. The second-order valence-electron chi connectivity index (χ2n) is 5.31. The molecule has 6 heteroatoms. The lowest BCUT2D eigenvalue weighted by Crippen LogP contribution is -2.44. The molecule has 0 radical (unpaired) electrons. The van der Waals surface area contributed by atoms with Gasteiger partial charge in [0.05, 0.1) is 19.1 Å². The van der Waals surface area contributed by atoms with Crippen molar-refractivity contribution < 1.29 is 23.9 Å². The SMILES string of the molecule is CCOC(=O)[C@H]1[C@@H](C(C)=O)CC(=O)N1c1ccc(OCC)cc1. The molecule has 2 rings (SSSR count). The fourth-order valence-electron chi connectivity index (χ4n) is 2.77. The van der Waals surface area contributed by atoms with Gasteiger partial charge >= 0.3 is 5.97 Å². The van der Waals surface area contributed by atoms with Crippen molar-refractivity contribution in [1.29, 1.82) is 0 Å². The molecule has 1 aliphatic rings. The van der Waals surface area contributed by atoms with E-state index < -0.39 is 17.9 Å². The molecule has 0 saturated carbocycles. The Balaban J connectivity index is 2.34. The molecule has 0 spiro atoms. The molecule has 1 saturated heterocycles. The minimum Gasteiger partial charge on any atom is -0.494 e. The lowest BCUT2D eigenvalue weighted by molar-refractivity contribution is -0.147. The van der Waals surface area contributed by atoms with Gasteiger partial charge in [0, 0.05) is 12.1 Å². The van der Waals surface area contributed by atoms with Gasteiger partial charge in [0.15, 0.2) is 0 Å². The highest BCUT2D eigenvalue weighted by Gasteiger charge is 2.47. The fourth-order valence-corrected chi connectivity index (χ4v) is 2.77. The normalized spacial score (nSPS) is 20.5. The summed E-state index contributed by atoms with van der Waals surface area (Å²) in [6.07, 6.45) is 0.0199. The van der Waals surface area contributed by atoms with Crippen molar-refractivity contribution in [2.24, 2.45) is 5.92 Å². The summed E-state index contributed by atoms with van der Waals surface area (Å²) in [7, 11) is 0. The Morgan fingerprint density at radius 3 is 2.35 bits per heavy atom. The van der Waals surface area contributed by atoms with Crippen LogP contribution in [0.5, 0.6) is 5.75 Å². The van der Waals surface area contributed by atoms with Crippen LogP contribution in [0.3, 0.4) is 0 Å². The average molecular weight is 319 g/mol. The molecule has 1 heterocycles. The van der Waals surface area contributed by atoms with Crippen molar-refractivity contribution in [2.75, 3.05) is 18.1 Å². The van der Waals surface area contributed by atoms with Crippen molar-refractivity contribution >= 4 is 23.3 Å². The molecule has 1 aromatic rings. The minimum absolute atomic E-state index is 0.0199. The van der Waals surface area contributed by atoms with Crippen LogP contribution in [0, 0.1) is 5.92 Å². The van der Waals surface area contributed by atoms with Crippen LogP contribution in [0.25, 0.3) is 0 Å². The zero-order chi connectivity index (χ0) is 17.0. The van der Waals surface area contributed by atoms with Gasteiger partial charge in [0.2, 0.25) is 5.91 Å². The van der Waals surface area contributed by atoms with Crippen molar-refractivity contribution in [3.05, 3.63) is 24.3 Å². The molecule has 1 aromatic carbocycles. The van der Waals surface area contributed by atoms with Crippen molar-refractivity contribution in [2.45, 2.75) is 33.2 Å². The van der Waals surface area contributed by atoms with E-state index in [-0.39, 0.29) is 24.7 Å². The first-order valence-electron chi connectivity index (χ1n) is 7.71. The second-order valence-corrected chi connectivity index (χ2v) is 5.31. The van der Waals surface area contributed by atoms with Gasteiger partial charge in [-0.25, -0.2) is 4.79 Å². The fraction of sp³-hybridized carbons (Fsp3) is 0.471. The molecule has 6 nitrogen and oxygen atoms in total. The molecular formula is C17H21NO5. The first-order chi connectivity index (χ1) is 11.0. The predicted octanol–water partition coefficient (Wildman–Crippen LogP) is 1.96. The number of ketones is 1. The van der Waals surface area contributed by atoms with Crippen LogP contribution in [-0.4, -0.2) is 36.9 Å². The third kappa shape index (κ3) is 3.52. The van der Waals surface area contributed by atoms with E-state index in [0.29, 0.717) is 18.0 Å². The summed E-state index contributed by atoms with van der Waals surface area (Å²) in [6.45, 7) is 5.71. The van der Waals surface area contributed by atoms with Gasteiger partial charge in [-0.05, 0) is 45.0 Å². The zero-order valence-corrected chi connectivity index (χ0v) is 13.6. The van der Waals surface area contributed by atoms with Crippen molar-refractivity contribution in [1.82, 2.24) is 0 Å². The molecule has 2 atom stereocenters. The zero-order valence-electron chi connectivity index (χ0n) is 13.6. The number of esters is 1. The number of anilines is 1. The summed E-state index contributed by atoms with van der Waals surface area (Å²) in [6, 6.07) is 5.97. The molecule has 0 aromatic heterocycles. The average Bonchev–Trinajstić information content (AvgIpc) is 2.86. The number of hydrogen-bond acceptors (Lipinski definition) is 5. The lowest BCUT2D eigenvalue weighted by Gasteiger charge is -2.25. The predicted molar refractivity (Wildman–Crippen MR) is 84.3 cm³/mol. The molecule has 0 unspecified atom stereocenters. The molecule has 23 heavy (non-hydrogen) atoms. The van der Waals surface area contributed by atoms with Crippen molar-refractivity contribution in [3.63, 3.8) is 0 Å². The van der Waals surface area contributed by atoms with E-state index in [1.807, 2.05) is 6.92 Å². The first kappa shape index (κ1) is 17.0. The Morgan fingerprint density at radius 2 is 1.83 bits per heavy atom. The number of hydrogen-bond donors (Lipinski definition) is 0. The number of Topliss-reactive ketones (excluding diaryl/α,β-unsaturated/α-hetero) is 1. The van der Waals surface area contributed by atoms with Crippen LogP contribution in [0.15, 0.2) is 24.3 Å². The van der Waals surface area contributed by atoms with E-state index in [0.717, 1.165) is 0 Å². The van der Waals surface area contributed by atoms with Crippen LogP contribution < -0.4 is 9.64 Å². The van der Waals surface area contributed by atoms with E-state index >= 15 is 0 Å². The van der Waals surface area contributed by atoms with E-state index in [9.17, 15) is 14.4 Å². The van der Waals surface area contributed by atoms with Gasteiger partial charge in [-0.2, -0.15) is 0 Å². The highest BCUT2D eigenvalue weighted by molar-refractivity contribution is 6.07. The Labute approximate surface area is 135 Å². The van der Waals surface area contributed by atoms with Crippen molar-refractivity contribution in [3.8, 4) is 5.75 Å².